The Hall–Kier alpha value is -0.940. The van der Waals surface area contributed by atoms with Crippen LogP contribution in [0.4, 0.5) is 0 Å². The van der Waals surface area contributed by atoms with Crippen molar-refractivity contribution in [1.29, 1.82) is 0 Å². The molecular weight excluding hydrogens is 206 g/mol. The molecule has 1 rings (SSSR count). The van der Waals surface area contributed by atoms with E-state index in [-0.39, 0.29) is 0 Å². The van der Waals surface area contributed by atoms with Gasteiger partial charge < -0.3 is 14.6 Å². The second-order valence-corrected chi connectivity index (χ2v) is 3.72. The van der Waals surface area contributed by atoms with Crippen LogP contribution in [-0.4, -0.2) is 35.9 Å². The summed E-state index contributed by atoms with van der Waals surface area (Å²) in [7, 11) is 0. The summed E-state index contributed by atoms with van der Waals surface area (Å²) in [5.41, 5.74) is 0. The number of nitrogens with zero attached hydrogens (tertiary/aromatic N) is 2. The molecule has 0 fully saturated rings. The minimum atomic E-state index is 0.359. The second kappa shape index (κ2) is 7.35. The molecule has 1 N–H and O–H groups in total. The first-order valence-corrected chi connectivity index (χ1v) is 5.88. The van der Waals surface area contributed by atoms with Gasteiger partial charge in [0.15, 0.2) is 5.82 Å². The molecule has 0 aromatic carbocycles. The Kier molecular flexibility index (Phi) is 6.03. The minimum Gasteiger partial charge on any atom is -0.380 e. The number of aromatic nitrogens is 2. The number of hydrogen-bond acceptors (Lipinski definition) is 5. The molecule has 0 saturated heterocycles. The van der Waals surface area contributed by atoms with Crippen molar-refractivity contribution >= 4 is 0 Å². The van der Waals surface area contributed by atoms with Gasteiger partial charge in [0.1, 0.15) is 0 Å². The first-order valence-electron chi connectivity index (χ1n) is 5.88. The molecule has 0 saturated carbocycles. The highest BCUT2D eigenvalue weighted by molar-refractivity contribution is 4.86. The van der Waals surface area contributed by atoms with Crippen molar-refractivity contribution in [2.45, 2.75) is 39.7 Å². The van der Waals surface area contributed by atoms with Gasteiger partial charge in [-0.25, -0.2) is 0 Å². The Morgan fingerprint density at radius 1 is 1.44 bits per heavy atom. The molecule has 0 aliphatic heterocycles. The Morgan fingerprint density at radius 3 is 2.88 bits per heavy atom. The van der Waals surface area contributed by atoms with E-state index in [2.05, 4.69) is 22.4 Å². The zero-order valence-electron chi connectivity index (χ0n) is 10.3. The van der Waals surface area contributed by atoms with Crippen molar-refractivity contribution in [3.05, 3.63) is 11.7 Å². The van der Waals surface area contributed by atoms with Gasteiger partial charge in [0, 0.05) is 32.0 Å². The lowest BCUT2D eigenvalue weighted by atomic mass is 10.3. The normalized spacial score (nSPS) is 12.9. The van der Waals surface area contributed by atoms with Gasteiger partial charge in [0.25, 0.3) is 0 Å². The lowest BCUT2D eigenvalue weighted by Crippen LogP contribution is -2.32. The fourth-order valence-electron chi connectivity index (χ4n) is 1.32. The topological polar surface area (TPSA) is 60.2 Å². The summed E-state index contributed by atoms with van der Waals surface area (Å²) in [6, 6.07) is 0.359. The van der Waals surface area contributed by atoms with Crippen molar-refractivity contribution in [2.24, 2.45) is 0 Å². The number of aryl methyl sites for hydroxylation is 1. The van der Waals surface area contributed by atoms with Gasteiger partial charge in [-0.15, -0.1) is 0 Å². The summed E-state index contributed by atoms with van der Waals surface area (Å²) < 4.78 is 10.3. The van der Waals surface area contributed by atoms with Crippen LogP contribution in [0.25, 0.3) is 0 Å². The predicted molar refractivity (Wildman–Crippen MR) is 61.3 cm³/mol. The first kappa shape index (κ1) is 13.1. The molecule has 0 radical (unpaired) electrons. The zero-order chi connectivity index (χ0) is 11.8. The zero-order valence-corrected chi connectivity index (χ0v) is 10.3. The van der Waals surface area contributed by atoms with E-state index in [1.807, 2.05) is 13.8 Å². The lowest BCUT2D eigenvalue weighted by Gasteiger charge is -2.12. The molecule has 1 aromatic heterocycles. The maximum atomic E-state index is 5.31. The highest BCUT2D eigenvalue weighted by Gasteiger charge is 2.05. The number of nitrogens with one attached hydrogen (secondary N) is 1. The molecule has 0 amide bonds. The van der Waals surface area contributed by atoms with Crippen molar-refractivity contribution in [2.75, 3.05) is 19.8 Å². The molecule has 5 nitrogen and oxygen atoms in total. The lowest BCUT2D eigenvalue weighted by molar-refractivity contribution is 0.127. The van der Waals surface area contributed by atoms with Crippen molar-refractivity contribution in [3.8, 4) is 0 Å². The molecule has 1 heterocycles. The van der Waals surface area contributed by atoms with Gasteiger partial charge in [-0.1, -0.05) is 12.1 Å². The van der Waals surface area contributed by atoms with Crippen LogP contribution in [-0.2, 0) is 17.6 Å². The average molecular weight is 227 g/mol. The molecule has 0 aliphatic carbocycles. The number of rotatable bonds is 8. The van der Waals surface area contributed by atoms with E-state index in [4.69, 9.17) is 9.26 Å². The molecule has 92 valence electrons. The van der Waals surface area contributed by atoms with Crippen LogP contribution in [0.3, 0.4) is 0 Å². The Bertz CT molecular complexity index is 289. The Balaban J connectivity index is 2.14. The van der Waals surface area contributed by atoms with Crippen LogP contribution >= 0.6 is 0 Å². The standard InChI is InChI=1S/C11H21N3O2/c1-4-11-13-10(14-16-11)6-7-12-9(3)8-15-5-2/h9,12H,4-8H2,1-3H3. The van der Waals surface area contributed by atoms with Crippen molar-refractivity contribution < 1.29 is 9.26 Å². The molecule has 0 bridgehead atoms. The Morgan fingerprint density at radius 2 is 2.25 bits per heavy atom. The number of ether oxygens (including phenoxy) is 1. The summed E-state index contributed by atoms with van der Waals surface area (Å²) in [6.07, 6.45) is 1.58. The predicted octanol–water partition coefficient (Wildman–Crippen LogP) is 1.19. The third-order valence-electron chi connectivity index (χ3n) is 2.23. The van der Waals surface area contributed by atoms with Crippen LogP contribution in [0.1, 0.15) is 32.5 Å². The fourth-order valence-corrected chi connectivity index (χ4v) is 1.32. The fraction of sp³-hybridized carbons (Fsp3) is 0.818. The monoisotopic (exact) mass is 227 g/mol. The maximum Gasteiger partial charge on any atom is 0.226 e. The van der Waals surface area contributed by atoms with Gasteiger partial charge >= 0.3 is 0 Å². The van der Waals surface area contributed by atoms with Gasteiger partial charge in [-0.3, -0.25) is 0 Å². The van der Waals surface area contributed by atoms with Gasteiger partial charge in [-0.05, 0) is 13.8 Å². The van der Waals surface area contributed by atoms with Crippen LogP contribution in [0, 0.1) is 0 Å². The third-order valence-corrected chi connectivity index (χ3v) is 2.23. The first-order chi connectivity index (χ1) is 7.76. The smallest absolute Gasteiger partial charge is 0.226 e. The van der Waals surface area contributed by atoms with Crippen LogP contribution < -0.4 is 5.32 Å². The minimum absolute atomic E-state index is 0.359. The SMILES string of the molecule is CCOCC(C)NCCc1noc(CC)n1. The summed E-state index contributed by atoms with van der Waals surface area (Å²) in [5.74, 6) is 1.48. The molecule has 0 spiro atoms. The maximum absolute atomic E-state index is 5.31. The summed E-state index contributed by atoms with van der Waals surface area (Å²) in [4.78, 5) is 4.24. The van der Waals surface area contributed by atoms with E-state index >= 15 is 0 Å². The summed E-state index contributed by atoms with van der Waals surface area (Å²) in [6.45, 7) is 8.44. The summed E-state index contributed by atoms with van der Waals surface area (Å²) in [5, 5.41) is 7.24. The van der Waals surface area contributed by atoms with Crippen LogP contribution in [0.2, 0.25) is 0 Å². The highest BCUT2D eigenvalue weighted by Crippen LogP contribution is 1.98. The van der Waals surface area contributed by atoms with Gasteiger partial charge in [0.05, 0.1) is 6.61 Å². The molecule has 0 aliphatic rings. The van der Waals surface area contributed by atoms with Gasteiger partial charge in [-0.2, -0.15) is 4.98 Å². The van der Waals surface area contributed by atoms with Gasteiger partial charge in [0.2, 0.25) is 5.89 Å². The quantitative estimate of drug-likeness (QED) is 0.723. The third kappa shape index (κ3) is 4.72. The van der Waals surface area contributed by atoms with Crippen molar-refractivity contribution in [3.63, 3.8) is 0 Å². The average Bonchev–Trinajstić information content (AvgIpc) is 2.74. The highest BCUT2D eigenvalue weighted by atomic mass is 16.5. The van der Waals surface area contributed by atoms with Crippen molar-refractivity contribution in [1.82, 2.24) is 15.5 Å². The molecule has 16 heavy (non-hydrogen) atoms. The van der Waals surface area contributed by atoms with Crippen LogP contribution in [0.5, 0.6) is 0 Å². The Labute approximate surface area is 96.6 Å². The van der Waals surface area contributed by atoms with E-state index in [9.17, 15) is 0 Å². The largest absolute Gasteiger partial charge is 0.380 e. The molecule has 1 atom stereocenters. The molecule has 1 unspecified atom stereocenters. The van der Waals surface area contributed by atoms with E-state index in [1.165, 1.54) is 0 Å². The molecule has 1 aromatic rings. The van der Waals surface area contributed by atoms with Crippen LogP contribution in [0.15, 0.2) is 4.52 Å². The second-order valence-electron chi connectivity index (χ2n) is 3.72. The van der Waals surface area contributed by atoms with E-state index in [1.54, 1.807) is 0 Å². The van der Waals surface area contributed by atoms with E-state index < -0.39 is 0 Å². The number of hydrogen-bond donors (Lipinski definition) is 1. The van der Waals surface area contributed by atoms with E-state index in [0.717, 1.165) is 38.4 Å². The molecule has 5 heteroatoms. The molecular formula is C11H21N3O2. The van der Waals surface area contributed by atoms with E-state index in [0.29, 0.717) is 11.9 Å². The summed E-state index contributed by atoms with van der Waals surface area (Å²) >= 11 is 0.